The lowest BCUT2D eigenvalue weighted by Gasteiger charge is -2.06. The molecule has 0 unspecified atom stereocenters. The van der Waals surface area contributed by atoms with Crippen molar-refractivity contribution in [1.82, 2.24) is 9.97 Å². The summed E-state index contributed by atoms with van der Waals surface area (Å²) in [6.07, 6.45) is 0. The van der Waals surface area contributed by atoms with Crippen molar-refractivity contribution in [2.75, 3.05) is 5.73 Å². The van der Waals surface area contributed by atoms with Crippen LogP contribution < -0.4 is 5.73 Å². The molecule has 3 aromatic rings. The lowest BCUT2D eigenvalue weighted by Crippen LogP contribution is -1.97. The van der Waals surface area contributed by atoms with Crippen LogP contribution in [0, 0.1) is 0 Å². The van der Waals surface area contributed by atoms with Crippen molar-refractivity contribution in [2.45, 2.75) is 5.88 Å². The van der Waals surface area contributed by atoms with E-state index in [4.69, 9.17) is 17.3 Å². The van der Waals surface area contributed by atoms with E-state index in [1.165, 1.54) is 0 Å². The molecule has 2 aromatic heterocycles. The Balaban J connectivity index is 2.49. The molecule has 0 saturated carbocycles. The number of benzene rings is 1. The first kappa shape index (κ1) is 10.3. The maximum absolute atomic E-state index is 5.93. The monoisotopic (exact) mass is 243 g/mol. The van der Waals surface area contributed by atoms with Gasteiger partial charge in [-0.15, -0.1) is 11.6 Å². The highest BCUT2D eigenvalue weighted by atomic mass is 35.5. The number of fused-ring (bicyclic) bond motifs is 3. The molecule has 0 radical (unpaired) electrons. The standard InChI is InChI=1S/C13H10ClN3/c14-7-8-5-6-10-9-3-1-2-4-11(9)17-13(15)12(10)16-8/h1-6H,7H2,(H2,15,17). The van der Waals surface area contributed by atoms with Crippen molar-refractivity contribution in [3.8, 4) is 0 Å². The van der Waals surface area contributed by atoms with E-state index in [2.05, 4.69) is 9.97 Å². The third-order valence-corrected chi connectivity index (χ3v) is 3.04. The number of nitrogens with zero attached hydrogens (tertiary/aromatic N) is 2. The highest BCUT2D eigenvalue weighted by Crippen LogP contribution is 2.26. The predicted octanol–water partition coefficient (Wildman–Crippen LogP) is 3.10. The quantitative estimate of drug-likeness (QED) is 0.528. The summed E-state index contributed by atoms with van der Waals surface area (Å²) >= 11 is 5.77. The minimum Gasteiger partial charge on any atom is -0.382 e. The van der Waals surface area contributed by atoms with E-state index < -0.39 is 0 Å². The molecule has 4 heteroatoms. The van der Waals surface area contributed by atoms with E-state index in [-0.39, 0.29) is 0 Å². The molecular weight excluding hydrogens is 234 g/mol. The van der Waals surface area contributed by atoms with Crippen LogP contribution in [0.1, 0.15) is 5.69 Å². The maximum Gasteiger partial charge on any atom is 0.150 e. The van der Waals surface area contributed by atoms with E-state index in [9.17, 15) is 0 Å². The molecule has 0 aliphatic heterocycles. The van der Waals surface area contributed by atoms with Crippen molar-refractivity contribution < 1.29 is 0 Å². The molecule has 84 valence electrons. The summed E-state index contributed by atoms with van der Waals surface area (Å²) in [6.45, 7) is 0. The number of hydrogen-bond acceptors (Lipinski definition) is 3. The van der Waals surface area contributed by atoms with Crippen molar-refractivity contribution in [1.29, 1.82) is 0 Å². The molecular formula is C13H10ClN3. The van der Waals surface area contributed by atoms with Gasteiger partial charge < -0.3 is 5.73 Å². The van der Waals surface area contributed by atoms with Gasteiger partial charge in [0, 0.05) is 10.8 Å². The maximum atomic E-state index is 5.93. The minimum atomic E-state index is 0.377. The molecule has 0 bridgehead atoms. The van der Waals surface area contributed by atoms with Gasteiger partial charge in [-0.2, -0.15) is 0 Å². The van der Waals surface area contributed by atoms with Gasteiger partial charge in [-0.05, 0) is 12.1 Å². The van der Waals surface area contributed by atoms with Gasteiger partial charge in [-0.3, -0.25) is 0 Å². The van der Waals surface area contributed by atoms with E-state index in [1.807, 2.05) is 36.4 Å². The Morgan fingerprint density at radius 2 is 1.82 bits per heavy atom. The molecule has 0 fully saturated rings. The van der Waals surface area contributed by atoms with Gasteiger partial charge >= 0.3 is 0 Å². The van der Waals surface area contributed by atoms with Crippen molar-refractivity contribution in [2.24, 2.45) is 0 Å². The summed E-state index contributed by atoms with van der Waals surface area (Å²) in [5.41, 5.74) is 8.35. The van der Waals surface area contributed by atoms with E-state index in [0.717, 1.165) is 27.5 Å². The summed E-state index contributed by atoms with van der Waals surface area (Å²) in [5, 5.41) is 2.08. The Labute approximate surface area is 103 Å². The zero-order valence-corrected chi connectivity index (χ0v) is 9.78. The summed E-state index contributed by atoms with van der Waals surface area (Å²) in [7, 11) is 0. The van der Waals surface area contributed by atoms with Crippen LogP contribution in [0.15, 0.2) is 36.4 Å². The van der Waals surface area contributed by atoms with Gasteiger partial charge in [0.2, 0.25) is 0 Å². The lowest BCUT2D eigenvalue weighted by molar-refractivity contribution is 1.21. The number of halogens is 1. The van der Waals surface area contributed by atoms with Gasteiger partial charge in [-0.1, -0.05) is 24.3 Å². The molecule has 0 aliphatic carbocycles. The van der Waals surface area contributed by atoms with Crippen molar-refractivity contribution >= 4 is 39.2 Å². The fraction of sp³-hybridized carbons (Fsp3) is 0.0769. The summed E-state index contributed by atoms with van der Waals surface area (Å²) < 4.78 is 0. The van der Waals surface area contributed by atoms with E-state index in [0.29, 0.717) is 11.7 Å². The van der Waals surface area contributed by atoms with E-state index in [1.54, 1.807) is 0 Å². The van der Waals surface area contributed by atoms with Crippen LogP contribution in [-0.4, -0.2) is 9.97 Å². The van der Waals surface area contributed by atoms with Crippen molar-refractivity contribution in [3.05, 3.63) is 42.1 Å². The number of aromatic nitrogens is 2. The molecule has 2 N–H and O–H groups in total. The normalized spacial score (nSPS) is 11.1. The van der Waals surface area contributed by atoms with Crippen LogP contribution in [0.3, 0.4) is 0 Å². The zero-order chi connectivity index (χ0) is 11.8. The van der Waals surface area contributed by atoms with Crippen molar-refractivity contribution in [3.63, 3.8) is 0 Å². The number of nitrogen functional groups attached to an aromatic ring is 1. The number of rotatable bonds is 1. The summed E-state index contributed by atoms with van der Waals surface area (Å²) in [6, 6.07) is 11.8. The second-order valence-corrected chi connectivity index (χ2v) is 4.11. The summed E-state index contributed by atoms with van der Waals surface area (Å²) in [5.74, 6) is 0.827. The molecule has 0 spiro atoms. The molecule has 2 heterocycles. The average molecular weight is 244 g/mol. The number of nitrogens with two attached hydrogens (primary N) is 1. The third-order valence-electron chi connectivity index (χ3n) is 2.77. The van der Waals surface area contributed by atoms with Crippen LogP contribution in [0.4, 0.5) is 5.82 Å². The highest BCUT2D eigenvalue weighted by Gasteiger charge is 2.07. The predicted molar refractivity (Wildman–Crippen MR) is 71.0 cm³/mol. The average Bonchev–Trinajstić information content (AvgIpc) is 2.38. The van der Waals surface area contributed by atoms with Crippen LogP contribution >= 0.6 is 11.6 Å². The van der Waals surface area contributed by atoms with Gasteiger partial charge in [-0.25, -0.2) is 9.97 Å². The topological polar surface area (TPSA) is 51.8 Å². The van der Waals surface area contributed by atoms with Crippen LogP contribution in [0.2, 0.25) is 0 Å². The van der Waals surface area contributed by atoms with Crippen LogP contribution in [0.5, 0.6) is 0 Å². The first-order valence-corrected chi connectivity index (χ1v) is 5.83. The Morgan fingerprint density at radius 3 is 2.65 bits per heavy atom. The molecule has 0 atom stereocenters. The molecule has 0 saturated heterocycles. The number of pyridine rings is 2. The van der Waals surface area contributed by atoms with Gasteiger partial charge in [0.05, 0.1) is 17.1 Å². The Bertz CT molecular complexity index is 709. The molecule has 3 nitrogen and oxygen atoms in total. The third kappa shape index (κ3) is 1.59. The Morgan fingerprint density at radius 1 is 1.00 bits per heavy atom. The fourth-order valence-corrected chi connectivity index (χ4v) is 2.12. The lowest BCUT2D eigenvalue weighted by atomic mass is 10.1. The Kier molecular flexibility index (Phi) is 2.34. The first-order valence-electron chi connectivity index (χ1n) is 5.29. The molecule has 0 aliphatic rings. The largest absolute Gasteiger partial charge is 0.382 e. The molecule has 3 rings (SSSR count). The molecule has 1 aromatic carbocycles. The van der Waals surface area contributed by atoms with Gasteiger partial charge in [0.1, 0.15) is 5.52 Å². The first-order chi connectivity index (χ1) is 8.29. The second-order valence-electron chi connectivity index (χ2n) is 3.85. The van der Waals surface area contributed by atoms with E-state index >= 15 is 0 Å². The number of para-hydroxylation sites is 1. The number of alkyl halides is 1. The summed E-state index contributed by atoms with van der Waals surface area (Å²) in [4.78, 5) is 8.78. The smallest absolute Gasteiger partial charge is 0.150 e. The Hall–Kier alpha value is -1.87. The van der Waals surface area contributed by atoms with Gasteiger partial charge in [0.25, 0.3) is 0 Å². The zero-order valence-electron chi connectivity index (χ0n) is 9.02. The number of anilines is 1. The van der Waals surface area contributed by atoms with Crippen LogP contribution in [0.25, 0.3) is 21.8 Å². The fourth-order valence-electron chi connectivity index (χ4n) is 1.97. The van der Waals surface area contributed by atoms with Crippen LogP contribution in [-0.2, 0) is 5.88 Å². The van der Waals surface area contributed by atoms with Gasteiger partial charge in [0.15, 0.2) is 5.82 Å². The molecule has 17 heavy (non-hydrogen) atoms. The number of hydrogen-bond donors (Lipinski definition) is 1. The highest BCUT2D eigenvalue weighted by molar-refractivity contribution is 6.17. The minimum absolute atomic E-state index is 0.377. The SMILES string of the molecule is Nc1nc2ccccc2c2ccc(CCl)nc12. The second kappa shape index (κ2) is 3.86. The molecule has 0 amide bonds.